The van der Waals surface area contributed by atoms with Gasteiger partial charge in [-0.2, -0.15) is 0 Å². The molecule has 2 rings (SSSR count). The predicted molar refractivity (Wildman–Crippen MR) is 118 cm³/mol. The molecule has 0 aliphatic rings. The maximum Gasteiger partial charge on any atom is 0.119 e. The van der Waals surface area contributed by atoms with E-state index < -0.39 is 0 Å². The van der Waals surface area contributed by atoms with Gasteiger partial charge in [-0.1, -0.05) is 75.6 Å². The number of methoxy groups -OCH3 is 1. The smallest absolute Gasteiger partial charge is 0.119 e. The molecular formula is C24H34ClNO. The van der Waals surface area contributed by atoms with E-state index in [0.717, 1.165) is 23.9 Å². The van der Waals surface area contributed by atoms with Crippen LogP contribution in [0.3, 0.4) is 0 Å². The Balaban J connectivity index is 1.88. The number of benzene rings is 2. The van der Waals surface area contributed by atoms with Crippen LogP contribution in [0.15, 0.2) is 48.5 Å². The lowest BCUT2D eigenvalue weighted by Crippen LogP contribution is -2.23. The number of anilines is 1. The Morgan fingerprint density at radius 1 is 0.778 bits per heavy atom. The topological polar surface area (TPSA) is 12.5 Å². The number of halogens is 1. The van der Waals surface area contributed by atoms with Crippen molar-refractivity contribution in [2.75, 3.05) is 18.6 Å². The molecular weight excluding hydrogens is 354 g/mol. The first-order valence-electron chi connectivity index (χ1n) is 10.4. The van der Waals surface area contributed by atoms with Gasteiger partial charge in [0.2, 0.25) is 0 Å². The first-order valence-corrected chi connectivity index (χ1v) is 10.7. The van der Waals surface area contributed by atoms with Crippen molar-refractivity contribution in [3.8, 4) is 5.75 Å². The number of hydrogen-bond acceptors (Lipinski definition) is 2. The molecule has 2 nitrogen and oxygen atoms in total. The second kappa shape index (κ2) is 12.7. The summed E-state index contributed by atoms with van der Waals surface area (Å²) in [5.74, 6) is 0.900. The quantitative estimate of drug-likeness (QED) is 0.330. The molecule has 0 aromatic heterocycles. The Hall–Kier alpha value is -1.67. The van der Waals surface area contributed by atoms with Gasteiger partial charge in [-0.25, -0.2) is 0 Å². The zero-order chi connectivity index (χ0) is 19.3. The lowest BCUT2D eigenvalue weighted by atomic mass is 10.1. The average molecular weight is 388 g/mol. The largest absolute Gasteiger partial charge is 0.497 e. The number of hydrogen-bond donors (Lipinski definition) is 0. The van der Waals surface area contributed by atoms with Crippen LogP contribution < -0.4 is 9.64 Å². The SMILES string of the molecule is CCCCCCCCCCN(Cc1ccc(Cl)cc1)c1ccc(OC)cc1. The fourth-order valence-corrected chi connectivity index (χ4v) is 3.47. The highest BCUT2D eigenvalue weighted by molar-refractivity contribution is 6.30. The summed E-state index contributed by atoms with van der Waals surface area (Å²) in [6.45, 7) is 4.25. The minimum atomic E-state index is 0.790. The number of ether oxygens (including phenoxy) is 1. The van der Waals surface area contributed by atoms with Gasteiger partial charge in [-0.15, -0.1) is 0 Å². The maximum atomic E-state index is 6.03. The fraction of sp³-hybridized carbons (Fsp3) is 0.500. The van der Waals surface area contributed by atoms with E-state index in [1.807, 2.05) is 24.3 Å². The summed E-state index contributed by atoms with van der Waals surface area (Å²) in [6.07, 6.45) is 10.7. The number of nitrogens with zero attached hydrogens (tertiary/aromatic N) is 1. The predicted octanol–water partition coefficient (Wildman–Crippen LogP) is 7.50. The van der Waals surface area contributed by atoms with E-state index in [2.05, 4.69) is 36.1 Å². The summed E-state index contributed by atoms with van der Waals surface area (Å²) < 4.78 is 5.30. The van der Waals surface area contributed by atoms with Crippen LogP contribution >= 0.6 is 11.6 Å². The summed E-state index contributed by atoms with van der Waals surface area (Å²) in [7, 11) is 1.71. The van der Waals surface area contributed by atoms with E-state index in [0.29, 0.717) is 0 Å². The molecule has 0 atom stereocenters. The molecule has 0 N–H and O–H groups in total. The van der Waals surface area contributed by atoms with Gasteiger partial charge in [0.1, 0.15) is 5.75 Å². The summed E-state index contributed by atoms with van der Waals surface area (Å²) in [5, 5.41) is 0.790. The van der Waals surface area contributed by atoms with Crippen LogP contribution in [0, 0.1) is 0 Å². The average Bonchev–Trinajstić information content (AvgIpc) is 2.70. The first-order chi connectivity index (χ1) is 13.2. The van der Waals surface area contributed by atoms with Crippen LogP contribution in [-0.2, 0) is 6.54 Å². The molecule has 0 amide bonds. The number of unbranched alkanes of at least 4 members (excludes halogenated alkanes) is 7. The molecule has 0 radical (unpaired) electrons. The van der Waals surface area contributed by atoms with Gasteiger partial charge in [0.15, 0.2) is 0 Å². The molecule has 0 unspecified atom stereocenters. The molecule has 0 aliphatic heterocycles. The normalized spacial score (nSPS) is 10.8. The van der Waals surface area contributed by atoms with E-state index in [4.69, 9.17) is 16.3 Å². The molecule has 0 aliphatic carbocycles. The van der Waals surface area contributed by atoms with Crippen molar-refractivity contribution in [2.45, 2.75) is 64.8 Å². The van der Waals surface area contributed by atoms with Crippen molar-refractivity contribution in [2.24, 2.45) is 0 Å². The molecule has 0 heterocycles. The molecule has 2 aromatic carbocycles. The summed E-state index contributed by atoms with van der Waals surface area (Å²) in [5.41, 5.74) is 2.53. The zero-order valence-corrected chi connectivity index (χ0v) is 17.7. The molecule has 0 saturated heterocycles. The van der Waals surface area contributed by atoms with Crippen LogP contribution in [-0.4, -0.2) is 13.7 Å². The Kier molecular flexibility index (Phi) is 10.1. The van der Waals surface area contributed by atoms with Crippen LogP contribution in [0.1, 0.15) is 63.9 Å². The molecule has 0 saturated carbocycles. The highest BCUT2D eigenvalue weighted by atomic mass is 35.5. The zero-order valence-electron chi connectivity index (χ0n) is 16.9. The van der Waals surface area contributed by atoms with Gasteiger partial charge in [0.05, 0.1) is 7.11 Å². The Morgan fingerprint density at radius 3 is 1.96 bits per heavy atom. The second-order valence-corrected chi connectivity index (χ2v) is 7.66. The van der Waals surface area contributed by atoms with E-state index in [9.17, 15) is 0 Å². The van der Waals surface area contributed by atoms with Crippen molar-refractivity contribution in [1.82, 2.24) is 0 Å². The Labute approximate surface area is 170 Å². The third-order valence-electron chi connectivity index (χ3n) is 5.01. The second-order valence-electron chi connectivity index (χ2n) is 7.22. The third-order valence-corrected chi connectivity index (χ3v) is 5.26. The Morgan fingerprint density at radius 2 is 1.37 bits per heavy atom. The fourth-order valence-electron chi connectivity index (χ4n) is 3.34. The van der Waals surface area contributed by atoms with Crippen molar-refractivity contribution in [3.05, 3.63) is 59.1 Å². The van der Waals surface area contributed by atoms with Gasteiger partial charge < -0.3 is 9.64 Å². The van der Waals surface area contributed by atoms with E-state index in [-0.39, 0.29) is 0 Å². The lowest BCUT2D eigenvalue weighted by molar-refractivity contribution is 0.415. The highest BCUT2D eigenvalue weighted by Gasteiger charge is 2.08. The lowest BCUT2D eigenvalue weighted by Gasteiger charge is -2.25. The van der Waals surface area contributed by atoms with Gasteiger partial charge in [-0.05, 0) is 48.4 Å². The van der Waals surface area contributed by atoms with E-state index >= 15 is 0 Å². The Bertz CT molecular complexity index is 624. The van der Waals surface area contributed by atoms with Crippen molar-refractivity contribution in [1.29, 1.82) is 0 Å². The molecule has 0 fully saturated rings. The van der Waals surface area contributed by atoms with Crippen LogP contribution in [0.5, 0.6) is 5.75 Å². The van der Waals surface area contributed by atoms with Crippen LogP contribution in [0.25, 0.3) is 0 Å². The standard InChI is InChI=1S/C24H34ClNO/c1-3-4-5-6-7-8-9-10-19-26(20-21-11-13-22(25)14-12-21)23-15-17-24(27-2)18-16-23/h11-18H,3-10,19-20H2,1-2H3. The third kappa shape index (κ3) is 8.26. The molecule has 2 aromatic rings. The summed E-state index contributed by atoms with van der Waals surface area (Å²) in [6, 6.07) is 16.6. The minimum Gasteiger partial charge on any atom is -0.497 e. The highest BCUT2D eigenvalue weighted by Crippen LogP contribution is 2.22. The van der Waals surface area contributed by atoms with Gasteiger partial charge in [0.25, 0.3) is 0 Å². The van der Waals surface area contributed by atoms with Crippen molar-refractivity contribution < 1.29 is 4.74 Å². The molecule has 148 valence electrons. The number of rotatable bonds is 13. The molecule has 0 spiro atoms. The monoisotopic (exact) mass is 387 g/mol. The van der Waals surface area contributed by atoms with Crippen molar-refractivity contribution in [3.63, 3.8) is 0 Å². The van der Waals surface area contributed by atoms with Gasteiger partial charge in [0, 0.05) is 23.8 Å². The van der Waals surface area contributed by atoms with Crippen LogP contribution in [0.4, 0.5) is 5.69 Å². The van der Waals surface area contributed by atoms with E-state index in [1.165, 1.54) is 62.6 Å². The molecule has 27 heavy (non-hydrogen) atoms. The van der Waals surface area contributed by atoms with Gasteiger partial charge >= 0.3 is 0 Å². The minimum absolute atomic E-state index is 0.790. The van der Waals surface area contributed by atoms with E-state index in [1.54, 1.807) is 7.11 Å². The molecule has 0 bridgehead atoms. The first kappa shape index (κ1) is 21.6. The maximum absolute atomic E-state index is 6.03. The van der Waals surface area contributed by atoms with Crippen molar-refractivity contribution >= 4 is 17.3 Å². The molecule has 3 heteroatoms. The summed E-state index contributed by atoms with van der Waals surface area (Å²) >= 11 is 6.03. The van der Waals surface area contributed by atoms with Crippen LogP contribution in [0.2, 0.25) is 5.02 Å². The summed E-state index contributed by atoms with van der Waals surface area (Å²) in [4.78, 5) is 2.46. The van der Waals surface area contributed by atoms with Gasteiger partial charge in [-0.3, -0.25) is 0 Å².